The zero-order valence-electron chi connectivity index (χ0n) is 18.4. The van der Waals surface area contributed by atoms with Crippen LogP contribution in [0.5, 0.6) is 0 Å². The number of aromatic nitrogens is 1. The Kier molecular flexibility index (Phi) is 8.15. The number of carbonyl (C=O) groups is 3. The number of esters is 2. The molecule has 1 N–H and O–H groups in total. The average molecular weight is 441 g/mol. The van der Waals surface area contributed by atoms with Crippen molar-refractivity contribution < 1.29 is 23.9 Å². The van der Waals surface area contributed by atoms with Crippen molar-refractivity contribution in [1.29, 1.82) is 0 Å². The molecule has 2 heterocycles. The number of anilines is 2. The Balaban J connectivity index is 1.62. The molecule has 1 aliphatic heterocycles. The van der Waals surface area contributed by atoms with Crippen molar-refractivity contribution in [3.8, 4) is 0 Å². The molecule has 0 saturated carbocycles. The second-order valence-electron chi connectivity index (χ2n) is 7.24. The van der Waals surface area contributed by atoms with E-state index in [1.807, 2.05) is 18.2 Å². The van der Waals surface area contributed by atoms with E-state index < -0.39 is 11.9 Å². The average Bonchev–Trinajstić information content (AvgIpc) is 2.80. The molecule has 170 valence electrons. The van der Waals surface area contributed by atoms with E-state index in [1.54, 1.807) is 20.0 Å². The number of nitrogens with one attached hydrogen (secondary N) is 1. The summed E-state index contributed by atoms with van der Waals surface area (Å²) >= 11 is 0. The van der Waals surface area contributed by atoms with E-state index in [1.165, 1.54) is 18.2 Å². The monoisotopic (exact) mass is 440 g/mol. The number of amides is 1. The van der Waals surface area contributed by atoms with Crippen molar-refractivity contribution in [1.82, 2.24) is 9.88 Å². The second-order valence-corrected chi connectivity index (χ2v) is 7.24. The van der Waals surface area contributed by atoms with Crippen molar-refractivity contribution in [2.45, 2.75) is 13.8 Å². The Morgan fingerprint density at radius 3 is 2.09 bits per heavy atom. The molecule has 9 nitrogen and oxygen atoms in total. The summed E-state index contributed by atoms with van der Waals surface area (Å²) in [6.45, 7) is 7.00. The normalized spacial score (nSPS) is 14.0. The minimum Gasteiger partial charge on any atom is -0.462 e. The molecule has 1 aromatic heterocycles. The molecule has 0 radical (unpaired) electrons. The van der Waals surface area contributed by atoms with E-state index >= 15 is 0 Å². The van der Waals surface area contributed by atoms with Crippen LogP contribution in [-0.2, 0) is 14.3 Å². The lowest BCUT2D eigenvalue weighted by molar-refractivity contribution is -0.117. The van der Waals surface area contributed by atoms with Crippen LogP contribution >= 0.6 is 0 Å². The predicted octanol–water partition coefficient (Wildman–Crippen LogP) is 2.20. The molecule has 0 aliphatic carbocycles. The highest BCUT2D eigenvalue weighted by Gasteiger charge is 2.21. The summed E-state index contributed by atoms with van der Waals surface area (Å²) in [5.74, 6) is -0.439. The standard InChI is InChI=1S/C23H28N4O5/c1-3-31-22(29)17-13-18(23(30)32-4-2)15-19(14-17)25-21(28)16-26-9-11-27(12-10-26)20-7-5-6-8-24-20/h5-8,13-15H,3-4,9-12,16H2,1-2H3,(H,25,28). The highest BCUT2D eigenvalue weighted by molar-refractivity contribution is 5.99. The van der Waals surface area contributed by atoms with E-state index in [-0.39, 0.29) is 36.8 Å². The number of carbonyl (C=O) groups excluding carboxylic acids is 3. The van der Waals surface area contributed by atoms with Gasteiger partial charge in [-0.15, -0.1) is 0 Å². The van der Waals surface area contributed by atoms with Crippen molar-refractivity contribution in [3.05, 3.63) is 53.7 Å². The lowest BCUT2D eigenvalue weighted by Crippen LogP contribution is -2.48. The smallest absolute Gasteiger partial charge is 0.338 e. The first-order valence-corrected chi connectivity index (χ1v) is 10.7. The van der Waals surface area contributed by atoms with Gasteiger partial charge in [0.15, 0.2) is 0 Å². The molecule has 1 saturated heterocycles. The molecule has 0 atom stereocenters. The third-order valence-corrected chi connectivity index (χ3v) is 4.95. The first-order valence-electron chi connectivity index (χ1n) is 10.7. The molecule has 0 unspecified atom stereocenters. The molecule has 3 rings (SSSR count). The summed E-state index contributed by atoms with van der Waals surface area (Å²) in [7, 11) is 0. The highest BCUT2D eigenvalue weighted by atomic mass is 16.5. The van der Waals surface area contributed by atoms with Crippen LogP contribution in [0.1, 0.15) is 34.6 Å². The number of nitrogens with zero attached hydrogens (tertiary/aromatic N) is 3. The minimum atomic E-state index is -0.570. The number of ether oxygens (including phenoxy) is 2. The number of rotatable bonds is 8. The summed E-state index contributed by atoms with van der Waals surface area (Å²) in [5.41, 5.74) is 0.698. The summed E-state index contributed by atoms with van der Waals surface area (Å²) in [6.07, 6.45) is 1.77. The van der Waals surface area contributed by atoms with Gasteiger partial charge in [0, 0.05) is 38.1 Å². The fraction of sp³-hybridized carbons (Fsp3) is 0.391. The molecular weight excluding hydrogens is 412 g/mol. The van der Waals surface area contributed by atoms with E-state index in [9.17, 15) is 14.4 Å². The maximum Gasteiger partial charge on any atom is 0.338 e. The van der Waals surface area contributed by atoms with Gasteiger partial charge < -0.3 is 19.7 Å². The van der Waals surface area contributed by atoms with Crippen LogP contribution in [0.2, 0.25) is 0 Å². The summed E-state index contributed by atoms with van der Waals surface area (Å²) < 4.78 is 10.1. The maximum absolute atomic E-state index is 12.6. The second kappa shape index (κ2) is 11.2. The number of hydrogen-bond acceptors (Lipinski definition) is 8. The van der Waals surface area contributed by atoms with Crippen LogP contribution in [0.25, 0.3) is 0 Å². The molecule has 0 spiro atoms. The van der Waals surface area contributed by atoms with Gasteiger partial charge in [0.05, 0.1) is 30.9 Å². The number of hydrogen-bond donors (Lipinski definition) is 1. The number of pyridine rings is 1. The molecular formula is C23H28N4O5. The lowest BCUT2D eigenvalue weighted by Gasteiger charge is -2.34. The maximum atomic E-state index is 12.6. The first-order chi connectivity index (χ1) is 15.5. The lowest BCUT2D eigenvalue weighted by atomic mass is 10.1. The van der Waals surface area contributed by atoms with Crippen LogP contribution in [-0.4, -0.2) is 73.7 Å². The SMILES string of the molecule is CCOC(=O)c1cc(NC(=O)CN2CCN(c3ccccn3)CC2)cc(C(=O)OCC)c1. The van der Waals surface area contributed by atoms with Crippen LogP contribution in [0.4, 0.5) is 11.5 Å². The van der Waals surface area contributed by atoms with Crippen molar-refractivity contribution in [2.75, 3.05) is 56.2 Å². The Labute approximate surface area is 187 Å². The summed E-state index contributed by atoms with van der Waals surface area (Å²) in [4.78, 5) is 45.6. The van der Waals surface area contributed by atoms with Gasteiger partial charge in [0.25, 0.3) is 0 Å². The van der Waals surface area contributed by atoms with Crippen molar-refractivity contribution in [2.24, 2.45) is 0 Å². The van der Waals surface area contributed by atoms with Crippen LogP contribution < -0.4 is 10.2 Å². The fourth-order valence-corrected chi connectivity index (χ4v) is 3.44. The van der Waals surface area contributed by atoms with E-state index in [0.29, 0.717) is 5.69 Å². The van der Waals surface area contributed by atoms with Crippen molar-refractivity contribution >= 4 is 29.4 Å². The van der Waals surface area contributed by atoms with Crippen LogP contribution in [0.3, 0.4) is 0 Å². The Hall–Kier alpha value is -3.46. The zero-order chi connectivity index (χ0) is 22.9. The summed E-state index contributed by atoms with van der Waals surface area (Å²) in [6, 6.07) is 10.2. The third-order valence-electron chi connectivity index (χ3n) is 4.95. The molecule has 1 amide bonds. The molecule has 9 heteroatoms. The minimum absolute atomic E-state index is 0.177. The van der Waals surface area contributed by atoms with Gasteiger partial charge in [0.1, 0.15) is 5.82 Å². The van der Waals surface area contributed by atoms with Gasteiger partial charge in [-0.05, 0) is 44.2 Å². The first kappa shape index (κ1) is 23.2. The van der Waals surface area contributed by atoms with Crippen molar-refractivity contribution in [3.63, 3.8) is 0 Å². The van der Waals surface area contributed by atoms with E-state index in [2.05, 4.69) is 20.1 Å². The zero-order valence-corrected chi connectivity index (χ0v) is 18.4. The highest BCUT2D eigenvalue weighted by Crippen LogP contribution is 2.18. The number of benzene rings is 1. The van der Waals surface area contributed by atoms with Crippen LogP contribution in [0, 0.1) is 0 Å². The van der Waals surface area contributed by atoms with E-state index in [0.717, 1.165) is 32.0 Å². The topological polar surface area (TPSA) is 101 Å². The van der Waals surface area contributed by atoms with Gasteiger partial charge in [0.2, 0.25) is 5.91 Å². The van der Waals surface area contributed by atoms with Gasteiger partial charge in [-0.1, -0.05) is 6.07 Å². The molecule has 1 aliphatic rings. The quantitative estimate of drug-likeness (QED) is 0.624. The summed E-state index contributed by atoms with van der Waals surface area (Å²) in [5, 5.41) is 2.78. The molecule has 2 aromatic rings. The van der Waals surface area contributed by atoms with E-state index in [4.69, 9.17) is 9.47 Å². The molecule has 0 bridgehead atoms. The third kappa shape index (κ3) is 6.27. The Morgan fingerprint density at radius 2 is 1.56 bits per heavy atom. The molecule has 1 fully saturated rings. The molecule has 1 aromatic carbocycles. The van der Waals surface area contributed by atoms with Gasteiger partial charge in [-0.3, -0.25) is 9.69 Å². The Morgan fingerprint density at radius 1 is 0.938 bits per heavy atom. The Bertz CT molecular complexity index is 906. The molecule has 32 heavy (non-hydrogen) atoms. The van der Waals surface area contributed by atoms with Gasteiger partial charge in [-0.25, -0.2) is 14.6 Å². The van der Waals surface area contributed by atoms with Gasteiger partial charge >= 0.3 is 11.9 Å². The van der Waals surface area contributed by atoms with Crippen LogP contribution in [0.15, 0.2) is 42.6 Å². The fourth-order valence-electron chi connectivity index (χ4n) is 3.44. The largest absolute Gasteiger partial charge is 0.462 e. The van der Waals surface area contributed by atoms with Gasteiger partial charge in [-0.2, -0.15) is 0 Å². The predicted molar refractivity (Wildman–Crippen MR) is 120 cm³/mol. The number of piperazine rings is 1.